The summed E-state index contributed by atoms with van der Waals surface area (Å²) in [7, 11) is 0. The lowest BCUT2D eigenvalue weighted by atomic mass is 10.1. The molecule has 5 rings (SSSR count). The van der Waals surface area contributed by atoms with Crippen LogP contribution in [0.1, 0.15) is 18.4 Å². The molecule has 1 aliphatic rings. The largest absolute Gasteiger partial charge is 0.376 e. The van der Waals surface area contributed by atoms with Gasteiger partial charge in [-0.05, 0) is 36.5 Å². The van der Waals surface area contributed by atoms with Crippen LogP contribution in [0.15, 0.2) is 72.1 Å². The number of aromatic nitrogens is 3. The summed E-state index contributed by atoms with van der Waals surface area (Å²) < 4.78 is 8.08. The number of fused-ring (bicyclic) bond motifs is 1. The molecule has 0 saturated carbocycles. The number of thioether (sulfide) groups is 1. The molecule has 2 aromatic heterocycles. The molecular weight excluding hydrogens is 432 g/mol. The Morgan fingerprint density at radius 1 is 1.18 bits per heavy atom. The van der Waals surface area contributed by atoms with Gasteiger partial charge in [0.05, 0.1) is 30.3 Å². The Labute approximate surface area is 197 Å². The highest BCUT2D eigenvalue weighted by Crippen LogP contribution is 2.28. The number of nitrogens with zero attached hydrogens (tertiary/aromatic N) is 2. The van der Waals surface area contributed by atoms with Gasteiger partial charge in [0.25, 0.3) is 0 Å². The summed E-state index contributed by atoms with van der Waals surface area (Å²) in [6.07, 6.45) is 7.09. The van der Waals surface area contributed by atoms with Gasteiger partial charge in [0.15, 0.2) is 5.16 Å². The number of benzene rings is 2. The summed E-state index contributed by atoms with van der Waals surface area (Å²) in [6, 6.07) is 18.5. The highest BCUT2D eigenvalue weighted by Gasteiger charge is 2.21. The van der Waals surface area contributed by atoms with Crippen molar-refractivity contribution in [3.63, 3.8) is 0 Å². The number of ether oxygens (including phenoxy) is 1. The highest BCUT2D eigenvalue weighted by atomic mass is 32.2. The second kappa shape index (κ2) is 10.3. The number of carbonyl (C=O) groups excluding carboxylic acids is 1. The Bertz CT molecular complexity index is 1210. The Morgan fingerprint density at radius 3 is 2.88 bits per heavy atom. The molecule has 2 N–H and O–H groups in total. The third kappa shape index (κ3) is 5.15. The maximum Gasteiger partial charge on any atom is 0.230 e. The average molecular weight is 461 g/mol. The number of carbonyl (C=O) groups is 1. The molecule has 6 nitrogen and oxygen atoms in total. The molecule has 2 aromatic carbocycles. The number of amides is 1. The maximum absolute atomic E-state index is 12.5. The molecule has 170 valence electrons. The predicted molar refractivity (Wildman–Crippen MR) is 132 cm³/mol. The van der Waals surface area contributed by atoms with Crippen LogP contribution in [0.2, 0.25) is 0 Å². The van der Waals surface area contributed by atoms with Crippen molar-refractivity contribution in [2.24, 2.45) is 0 Å². The van der Waals surface area contributed by atoms with Crippen LogP contribution in [-0.2, 0) is 22.5 Å². The van der Waals surface area contributed by atoms with E-state index >= 15 is 0 Å². The first kappa shape index (κ1) is 21.8. The van der Waals surface area contributed by atoms with Crippen LogP contribution in [-0.4, -0.2) is 45.5 Å². The van der Waals surface area contributed by atoms with E-state index in [1.54, 1.807) is 0 Å². The molecule has 0 radical (unpaired) electrons. The van der Waals surface area contributed by atoms with Crippen molar-refractivity contribution in [3.05, 3.63) is 72.6 Å². The smallest absolute Gasteiger partial charge is 0.230 e. The third-order valence-electron chi connectivity index (χ3n) is 6.02. The van der Waals surface area contributed by atoms with Gasteiger partial charge >= 0.3 is 0 Å². The second-order valence-electron chi connectivity index (χ2n) is 8.29. The van der Waals surface area contributed by atoms with Crippen LogP contribution in [0.25, 0.3) is 22.2 Å². The SMILES string of the molecule is O=C(CSc1ncc(-c2ccccc2)n1CC1CCCO1)NCCc1c[nH]c2ccccc12. The van der Waals surface area contributed by atoms with Crippen LogP contribution < -0.4 is 5.32 Å². The zero-order chi connectivity index (χ0) is 22.5. The Balaban J connectivity index is 1.20. The van der Waals surface area contributed by atoms with Crippen LogP contribution in [0.3, 0.4) is 0 Å². The Morgan fingerprint density at radius 2 is 2.03 bits per heavy atom. The monoisotopic (exact) mass is 460 g/mol. The number of rotatable bonds is 9. The van der Waals surface area contributed by atoms with Gasteiger partial charge in [-0.1, -0.05) is 60.3 Å². The van der Waals surface area contributed by atoms with Crippen LogP contribution in [0.5, 0.6) is 0 Å². The van der Waals surface area contributed by atoms with E-state index in [0.29, 0.717) is 12.3 Å². The van der Waals surface area contributed by atoms with Crippen molar-refractivity contribution in [2.45, 2.75) is 37.1 Å². The lowest BCUT2D eigenvalue weighted by Crippen LogP contribution is -2.27. The molecular formula is C26H28N4O2S. The lowest BCUT2D eigenvalue weighted by Gasteiger charge is -2.16. The second-order valence-corrected chi connectivity index (χ2v) is 9.23. The first-order chi connectivity index (χ1) is 16.3. The van der Waals surface area contributed by atoms with Gasteiger partial charge in [-0.15, -0.1) is 0 Å². The van der Waals surface area contributed by atoms with Gasteiger partial charge in [-0.3, -0.25) is 4.79 Å². The number of hydrogen-bond donors (Lipinski definition) is 2. The van der Waals surface area contributed by atoms with Crippen molar-refractivity contribution in [2.75, 3.05) is 18.9 Å². The summed E-state index contributed by atoms with van der Waals surface area (Å²) in [4.78, 5) is 20.5. The first-order valence-corrected chi connectivity index (χ1v) is 12.4. The third-order valence-corrected chi connectivity index (χ3v) is 7.01. The topological polar surface area (TPSA) is 71.9 Å². The molecule has 33 heavy (non-hydrogen) atoms. The van der Waals surface area contributed by atoms with Gasteiger partial charge < -0.3 is 19.6 Å². The van der Waals surface area contributed by atoms with E-state index < -0.39 is 0 Å². The van der Waals surface area contributed by atoms with Gasteiger partial charge in [-0.25, -0.2) is 4.98 Å². The number of H-pyrrole nitrogens is 1. The van der Waals surface area contributed by atoms with Gasteiger partial charge in [0, 0.05) is 30.3 Å². The zero-order valence-corrected chi connectivity index (χ0v) is 19.3. The van der Waals surface area contributed by atoms with E-state index in [2.05, 4.69) is 44.1 Å². The number of para-hydroxylation sites is 1. The molecule has 1 amide bonds. The Kier molecular flexibility index (Phi) is 6.79. The minimum Gasteiger partial charge on any atom is -0.376 e. The number of hydrogen-bond acceptors (Lipinski definition) is 4. The molecule has 3 heterocycles. The van der Waals surface area contributed by atoms with Crippen LogP contribution in [0.4, 0.5) is 0 Å². The fourth-order valence-electron chi connectivity index (χ4n) is 4.34. The van der Waals surface area contributed by atoms with E-state index in [-0.39, 0.29) is 12.0 Å². The lowest BCUT2D eigenvalue weighted by molar-refractivity contribution is -0.118. The number of aromatic amines is 1. The maximum atomic E-state index is 12.5. The molecule has 4 aromatic rings. The van der Waals surface area contributed by atoms with Crippen molar-refractivity contribution >= 4 is 28.6 Å². The predicted octanol–water partition coefficient (Wildman–Crippen LogP) is 4.66. The van der Waals surface area contributed by atoms with Crippen LogP contribution in [0, 0.1) is 0 Å². The average Bonchev–Trinajstić information content (AvgIpc) is 3.60. The molecule has 1 unspecified atom stereocenters. The standard InChI is InChI=1S/C26H28N4O2S/c31-25(27-13-12-20-15-28-23-11-5-4-10-22(20)23)18-33-26-29-16-24(19-7-2-1-3-8-19)30(26)17-21-9-6-14-32-21/h1-5,7-8,10-11,15-16,21,28H,6,9,12-14,17-18H2,(H,27,31). The molecule has 0 bridgehead atoms. The fourth-order valence-corrected chi connectivity index (χ4v) is 5.16. The van der Waals surface area contributed by atoms with E-state index in [1.165, 1.54) is 22.7 Å². The number of imidazole rings is 1. The van der Waals surface area contributed by atoms with Gasteiger partial charge in [0.2, 0.25) is 5.91 Å². The molecule has 1 atom stereocenters. The molecule has 1 fully saturated rings. The minimum absolute atomic E-state index is 0.0211. The van der Waals surface area contributed by atoms with E-state index in [1.807, 2.05) is 42.7 Å². The van der Waals surface area contributed by atoms with Crippen molar-refractivity contribution in [1.29, 1.82) is 0 Å². The first-order valence-electron chi connectivity index (χ1n) is 11.4. The molecule has 0 spiro atoms. The number of nitrogens with one attached hydrogen (secondary N) is 2. The summed E-state index contributed by atoms with van der Waals surface area (Å²) >= 11 is 1.48. The summed E-state index contributed by atoms with van der Waals surface area (Å²) in [5.41, 5.74) is 4.53. The normalized spacial score (nSPS) is 15.8. The molecule has 1 saturated heterocycles. The summed E-state index contributed by atoms with van der Waals surface area (Å²) in [5, 5.41) is 5.12. The molecule has 0 aliphatic carbocycles. The molecule has 1 aliphatic heterocycles. The van der Waals surface area contributed by atoms with Crippen molar-refractivity contribution in [1.82, 2.24) is 19.9 Å². The quantitative estimate of drug-likeness (QED) is 0.356. The van der Waals surface area contributed by atoms with E-state index in [4.69, 9.17) is 4.74 Å². The van der Waals surface area contributed by atoms with Gasteiger partial charge in [-0.2, -0.15) is 0 Å². The van der Waals surface area contributed by atoms with Gasteiger partial charge in [0.1, 0.15) is 0 Å². The fraction of sp³-hybridized carbons (Fsp3) is 0.308. The van der Waals surface area contributed by atoms with Crippen LogP contribution >= 0.6 is 11.8 Å². The molecule has 7 heteroatoms. The Hall–Kier alpha value is -3.03. The van der Waals surface area contributed by atoms with Crippen molar-refractivity contribution in [3.8, 4) is 11.3 Å². The summed E-state index contributed by atoms with van der Waals surface area (Å²) in [6.45, 7) is 2.19. The van der Waals surface area contributed by atoms with E-state index in [0.717, 1.165) is 54.3 Å². The zero-order valence-electron chi connectivity index (χ0n) is 18.5. The van der Waals surface area contributed by atoms with Crippen molar-refractivity contribution < 1.29 is 9.53 Å². The summed E-state index contributed by atoms with van der Waals surface area (Å²) in [5.74, 6) is 0.359. The van der Waals surface area contributed by atoms with E-state index in [9.17, 15) is 4.79 Å². The highest BCUT2D eigenvalue weighted by molar-refractivity contribution is 7.99. The minimum atomic E-state index is 0.0211.